The van der Waals surface area contributed by atoms with E-state index in [1.165, 1.54) is 11.1 Å². The molecule has 3 heterocycles. The lowest BCUT2D eigenvalue weighted by Gasteiger charge is -2.48. The minimum Gasteiger partial charge on any atom is -0.496 e. The maximum Gasteiger partial charge on any atom is 0.419 e. The van der Waals surface area contributed by atoms with Gasteiger partial charge in [0, 0.05) is 42.4 Å². The molecular weight excluding hydrogens is 464 g/mol. The van der Waals surface area contributed by atoms with Crippen molar-refractivity contribution in [3.63, 3.8) is 0 Å². The Hall–Kier alpha value is -2.83. The monoisotopic (exact) mass is 504 g/mol. The van der Waals surface area contributed by atoms with Gasteiger partial charge in [0.05, 0.1) is 18.7 Å². The minimum atomic E-state index is -0.567. The van der Waals surface area contributed by atoms with Crippen molar-refractivity contribution in [3.8, 4) is 5.75 Å². The first kappa shape index (κ1) is 25.8. The lowest BCUT2D eigenvalue weighted by Crippen LogP contribution is -2.52. The molecule has 2 fully saturated rings. The highest BCUT2D eigenvalue weighted by Crippen LogP contribution is 2.52. The second kappa shape index (κ2) is 9.48. The zero-order valence-electron chi connectivity index (χ0n) is 23.3. The largest absolute Gasteiger partial charge is 0.496 e. The number of piperidine rings is 1. The topological polar surface area (TPSA) is 52.9 Å². The van der Waals surface area contributed by atoms with Crippen molar-refractivity contribution in [2.45, 2.75) is 90.1 Å². The summed E-state index contributed by atoms with van der Waals surface area (Å²) in [6.45, 7) is 10.6. The van der Waals surface area contributed by atoms with Crippen LogP contribution in [0.3, 0.4) is 0 Å². The van der Waals surface area contributed by atoms with Gasteiger partial charge in [-0.05, 0) is 83.6 Å². The SMILES string of the molecule is COc1cc(C)c2c(ccn2C(=O)OC(C)(C)C)c1CN1[C@H]2CCC1(c1ccc(C)cc1)C[C@H](OC)C2. The van der Waals surface area contributed by atoms with Crippen LogP contribution in [0.5, 0.6) is 5.75 Å². The molecule has 3 aromatic rings. The number of carbonyl (C=O) groups is 1. The first-order valence-corrected chi connectivity index (χ1v) is 13.3. The van der Waals surface area contributed by atoms with E-state index in [1.807, 2.05) is 47.1 Å². The molecule has 0 radical (unpaired) electrons. The molecule has 0 spiro atoms. The van der Waals surface area contributed by atoms with Crippen molar-refractivity contribution in [1.29, 1.82) is 0 Å². The highest BCUT2D eigenvalue weighted by Gasteiger charge is 2.52. The third-order valence-corrected chi connectivity index (χ3v) is 8.27. The van der Waals surface area contributed by atoms with Gasteiger partial charge in [0.25, 0.3) is 0 Å². The molecule has 6 nitrogen and oxygen atoms in total. The van der Waals surface area contributed by atoms with Crippen LogP contribution >= 0.6 is 0 Å². The smallest absolute Gasteiger partial charge is 0.419 e. The summed E-state index contributed by atoms with van der Waals surface area (Å²) in [7, 11) is 3.57. The third-order valence-electron chi connectivity index (χ3n) is 8.27. The molecule has 1 aromatic heterocycles. The summed E-state index contributed by atoms with van der Waals surface area (Å²) in [5, 5.41) is 1.04. The van der Waals surface area contributed by atoms with E-state index in [0.717, 1.165) is 60.0 Å². The van der Waals surface area contributed by atoms with Crippen molar-refractivity contribution in [2.24, 2.45) is 0 Å². The van der Waals surface area contributed by atoms with Crippen LogP contribution < -0.4 is 4.74 Å². The van der Waals surface area contributed by atoms with Crippen molar-refractivity contribution in [2.75, 3.05) is 14.2 Å². The highest BCUT2D eigenvalue weighted by molar-refractivity contribution is 5.95. The number of ether oxygens (including phenoxy) is 3. The second-order valence-corrected chi connectivity index (χ2v) is 11.8. The van der Waals surface area contributed by atoms with Gasteiger partial charge < -0.3 is 14.2 Å². The number of fused-ring (bicyclic) bond motifs is 3. The molecule has 0 N–H and O–H groups in total. The minimum absolute atomic E-state index is 0.0900. The standard InChI is InChI=1S/C31H40N2O4/c1-20-8-10-22(11-9-20)31-14-12-23(17-24(18-31)35-6)33(31)19-26-25-13-15-32(29(34)37-30(3,4)5)28(25)21(2)16-27(26)36-7/h8-11,13,15-16,23-24H,12,14,17-19H2,1-7H3/t23-,24+,31?/m0/s1. The Balaban J connectivity index is 1.60. The number of hydrogen-bond acceptors (Lipinski definition) is 5. The van der Waals surface area contributed by atoms with E-state index < -0.39 is 5.60 Å². The number of rotatable bonds is 5. The molecule has 2 aliphatic heterocycles. The van der Waals surface area contributed by atoms with E-state index in [9.17, 15) is 4.79 Å². The normalized spacial score (nSPS) is 24.0. The summed E-state index contributed by atoms with van der Waals surface area (Å²) in [6, 6.07) is 13.5. The lowest BCUT2D eigenvalue weighted by atomic mass is 9.79. The van der Waals surface area contributed by atoms with Crippen molar-refractivity contribution in [1.82, 2.24) is 9.47 Å². The van der Waals surface area contributed by atoms with Gasteiger partial charge in [-0.3, -0.25) is 9.47 Å². The Labute approximate surface area is 220 Å². The van der Waals surface area contributed by atoms with Crippen LogP contribution in [0.1, 0.15) is 68.7 Å². The molecule has 37 heavy (non-hydrogen) atoms. The highest BCUT2D eigenvalue weighted by atomic mass is 16.6. The maximum absolute atomic E-state index is 13.1. The zero-order valence-corrected chi connectivity index (χ0v) is 23.3. The molecule has 2 aliphatic rings. The molecule has 198 valence electrons. The number of aromatic nitrogens is 1. The molecule has 0 aliphatic carbocycles. The van der Waals surface area contributed by atoms with Crippen molar-refractivity contribution in [3.05, 3.63) is 64.8 Å². The van der Waals surface area contributed by atoms with Crippen LogP contribution in [0.2, 0.25) is 0 Å². The molecule has 2 bridgehead atoms. The Morgan fingerprint density at radius 2 is 1.84 bits per heavy atom. The Bertz CT molecular complexity index is 1300. The Morgan fingerprint density at radius 1 is 1.11 bits per heavy atom. The van der Waals surface area contributed by atoms with E-state index in [-0.39, 0.29) is 17.7 Å². The van der Waals surface area contributed by atoms with Gasteiger partial charge in [0.2, 0.25) is 0 Å². The molecule has 6 heteroatoms. The quantitative estimate of drug-likeness (QED) is 0.386. The zero-order chi connectivity index (χ0) is 26.5. The fraction of sp³-hybridized carbons (Fsp3) is 0.516. The van der Waals surface area contributed by atoms with Gasteiger partial charge in [-0.2, -0.15) is 0 Å². The third kappa shape index (κ3) is 4.55. The van der Waals surface area contributed by atoms with Gasteiger partial charge in [-0.25, -0.2) is 4.79 Å². The number of carbonyl (C=O) groups excluding carboxylic acids is 1. The molecule has 1 unspecified atom stereocenters. The number of nitrogens with zero attached hydrogens (tertiary/aromatic N) is 2. The number of methoxy groups -OCH3 is 2. The summed E-state index contributed by atoms with van der Waals surface area (Å²) in [5.41, 5.74) is 4.95. The van der Waals surface area contributed by atoms with Gasteiger partial charge >= 0.3 is 6.09 Å². The average molecular weight is 505 g/mol. The molecular formula is C31H40N2O4. The summed E-state index contributed by atoms with van der Waals surface area (Å²) in [4.78, 5) is 15.8. The molecule has 0 saturated carbocycles. The van der Waals surface area contributed by atoms with Crippen LogP contribution in [0.25, 0.3) is 10.9 Å². The van der Waals surface area contributed by atoms with Crippen LogP contribution in [0.4, 0.5) is 4.79 Å². The fourth-order valence-corrected chi connectivity index (χ4v) is 6.58. The number of benzene rings is 2. The van der Waals surface area contributed by atoms with Crippen LogP contribution in [-0.2, 0) is 21.6 Å². The van der Waals surface area contributed by atoms with Gasteiger partial charge in [0.15, 0.2) is 0 Å². The summed E-state index contributed by atoms with van der Waals surface area (Å²) >= 11 is 0. The van der Waals surface area contributed by atoms with E-state index in [4.69, 9.17) is 14.2 Å². The second-order valence-electron chi connectivity index (χ2n) is 11.8. The molecule has 5 rings (SSSR count). The summed E-state index contributed by atoms with van der Waals surface area (Å²) in [6.07, 6.45) is 5.97. The van der Waals surface area contributed by atoms with Crippen molar-refractivity contribution < 1.29 is 19.0 Å². The van der Waals surface area contributed by atoms with E-state index in [0.29, 0.717) is 6.04 Å². The van der Waals surface area contributed by atoms with Crippen molar-refractivity contribution >= 4 is 17.0 Å². The van der Waals surface area contributed by atoms with Gasteiger partial charge in [0.1, 0.15) is 11.4 Å². The first-order chi connectivity index (χ1) is 17.6. The molecule has 2 saturated heterocycles. The molecule has 0 amide bonds. The fourth-order valence-electron chi connectivity index (χ4n) is 6.58. The summed E-state index contributed by atoms with van der Waals surface area (Å²) in [5.74, 6) is 0.860. The van der Waals surface area contributed by atoms with Crippen LogP contribution in [0, 0.1) is 13.8 Å². The van der Waals surface area contributed by atoms with Gasteiger partial charge in [-0.1, -0.05) is 29.8 Å². The average Bonchev–Trinajstić information content (AvgIpc) is 3.37. The predicted octanol–water partition coefficient (Wildman–Crippen LogP) is 6.72. The Morgan fingerprint density at radius 3 is 2.49 bits per heavy atom. The van der Waals surface area contributed by atoms with Crippen LogP contribution in [0.15, 0.2) is 42.6 Å². The maximum atomic E-state index is 13.1. The molecule has 3 atom stereocenters. The van der Waals surface area contributed by atoms with E-state index in [1.54, 1.807) is 11.7 Å². The summed E-state index contributed by atoms with van der Waals surface area (Å²) < 4.78 is 19.2. The van der Waals surface area contributed by atoms with Crippen LogP contribution in [-0.4, -0.2) is 47.5 Å². The lowest BCUT2D eigenvalue weighted by molar-refractivity contribution is -0.0460. The van der Waals surface area contributed by atoms with E-state index >= 15 is 0 Å². The predicted molar refractivity (Wildman–Crippen MR) is 146 cm³/mol. The van der Waals surface area contributed by atoms with E-state index in [2.05, 4.69) is 42.2 Å². The number of hydrogen-bond donors (Lipinski definition) is 0. The number of aryl methyl sites for hydroxylation is 2. The Kier molecular flexibility index (Phi) is 6.61. The molecule has 2 aromatic carbocycles. The van der Waals surface area contributed by atoms with Gasteiger partial charge in [-0.15, -0.1) is 0 Å². The first-order valence-electron chi connectivity index (χ1n) is 13.3.